The largest absolute Gasteiger partial charge is 0.381 e. The molecular formula is C20H32ClN3O. The number of nitrogens with zero attached hydrogens (tertiary/aromatic N) is 2. The van der Waals surface area contributed by atoms with Gasteiger partial charge in [-0.3, -0.25) is 4.99 Å². The van der Waals surface area contributed by atoms with Gasteiger partial charge in [-0.15, -0.1) is 0 Å². The predicted octanol–water partition coefficient (Wildman–Crippen LogP) is 4.09. The number of hydrogen-bond acceptors (Lipinski definition) is 2. The van der Waals surface area contributed by atoms with Crippen molar-refractivity contribution >= 4 is 17.6 Å². The van der Waals surface area contributed by atoms with Crippen molar-refractivity contribution in [1.82, 2.24) is 10.2 Å². The molecule has 0 radical (unpaired) electrons. The van der Waals surface area contributed by atoms with Gasteiger partial charge < -0.3 is 15.0 Å². The van der Waals surface area contributed by atoms with Crippen molar-refractivity contribution < 1.29 is 4.74 Å². The first kappa shape index (κ1) is 20.1. The maximum absolute atomic E-state index is 6.26. The Morgan fingerprint density at radius 3 is 2.72 bits per heavy atom. The summed E-state index contributed by atoms with van der Waals surface area (Å²) < 4.78 is 5.62. The van der Waals surface area contributed by atoms with Crippen LogP contribution in [-0.2, 0) is 10.2 Å². The van der Waals surface area contributed by atoms with Crippen LogP contribution >= 0.6 is 11.6 Å². The van der Waals surface area contributed by atoms with Gasteiger partial charge in [0.1, 0.15) is 0 Å². The average Bonchev–Trinajstić information content (AvgIpc) is 2.64. The normalized spacial score (nSPS) is 17.4. The Balaban J connectivity index is 2.22. The molecule has 1 saturated heterocycles. The maximum atomic E-state index is 6.26. The first-order valence-electron chi connectivity index (χ1n) is 9.44. The van der Waals surface area contributed by atoms with Gasteiger partial charge in [0, 0.05) is 43.8 Å². The van der Waals surface area contributed by atoms with Gasteiger partial charge in [0.25, 0.3) is 0 Å². The van der Waals surface area contributed by atoms with Crippen LogP contribution < -0.4 is 5.32 Å². The minimum absolute atomic E-state index is 0.00934. The fourth-order valence-electron chi connectivity index (χ4n) is 3.32. The minimum atomic E-state index is 0.00934. The first-order chi connectivity index (χ1) is 12.1. The van der Waals surface area contributed by atoms with Crippen LogP contribution in [0.15, 0.2) is 29.3 Å². The van der Waals surface area contributed by atoms with E-state index in [4.69, 9.17) is 21.3 Å². The van der Waals surface area contributed by atoms with Gasteiger partial charge in [0.15, 0.2) is 5.96 Å². The molecule has 25 heavy (non-hydrogen) atoms. The summed E-state index contributed by atoms with van der Waals surface area (Å²) in [5.41, 5.74) is 1.29. The molecule has 4 nitrogen and oxygen atoms in total. The minimum Gasteiger partial charge on any atom is -0.381 e. The Hall–Kier alpha value is -1.26. The lowest BCUT2D eigenvalue weighted by Gasteiger charge is -2.37. The lowest BCUT2D eigenvalue weighted by molar-refractivity contribution is 0.0530. The molecule has 140 valence electrons. The van der Waals surface area contributed by atoms with E-state index in [9.17, 15) is 0 Å². The average molecular weight is 366 g/mol. The molecule has 1 aromatic rings. The van der Waals surface area contributed by atoms with E-state index in [1.165, 1.54) is 18.4 Å². The smallest absolute Gasteiger partial charge is 0.193 e. The molecule has 1 fully saturated rings. The summed E-state index contributed by atoms with van der Waals surface area (Å²) in [6.45, 7) is 8.56. The van der Waals surface area contributed by atoms with E-state index in [2.05, 4.69) is 43.2 Å². The Bertz CT molecular complexity index is 556. The summed E-state index contributed by atoms with van der Waals surface area (Å²) >= 11 is 6.26. The molecule has 1 aliphatic heterocycles. The zero-order chi connectivity index (χ0) is 18.1. The van der Waals surface area contributed by atoms with Crippen molar-refractivity contribution in [2.75, 3.05) is 39.9 Å². The molecule has 0 aliphatic carbocycles. The Kier molecular flexibility index (Phi) is 8.04. The van der Waals surface area contributed by atoms with E-state index >= 15 is 0 Å². The van der Waals surface area contributed by atoms with Crippen molar-refractivity contribution in [3.05, 3.63) is 34.9 Å². The van der Waals surface area contributed by atoms with E-state index in [0.29, 0.717) is 0 Å². The van der Waals surface area contributed by atoms with E-state index in [-0.39, 0.29) is 5.41 Å². The van der Waals surface area contributed by atoms with Gasteiger partial charge in [-0.25, -0.2) is 0 Å². The second kappa shape index (κ2) is 10.0. The van der Waals surface area contributed by atoms with Gasteiger partial charge in [-0.1, -0.05) is 37.1 Å². The van der Waals surface area contributed by atoms with Crippen LogP contribution in [0.5, 0.6) is 0 Å². The van der Waals surface area contributed by atoms with Crippen molar-refractivity contribution in [1.29, 1.82) is 0 Å². The lowest BCUT2D eigenvalue weighted by atomic mass is 9.74. The molecule has 0 spiro atoms. The standard InChI is InChI=1S/C20H32ClN3O/c1-4-6-12-24(3)19(22-5-2)23-16-20(10-13-25-14-11-20)17-8-7-9-18(21)15-17/h7-9,15H,4-6,10-14,16H2,1-3H3,(H,22,23). The third-order valence-corrected chi connectivity index (χ3v) is 5.20. The summed E-state index contributed by atoms with van der Waals surface area (Å²) in [7, 11) is 2.12. The zero-order valence-corrected chi connectivity index (χ0v) is 16.6. The van der Waals surface area contributed by atoms with Crippen LogP contribution in [0.1, 0.15) is 45.1 Å². The van der Waals surface area contributed by atoms with Gasteiger partial charge in [0.2, 0.25) is 0 Å². The molecular weight excluding hydrogens is 334 g/mol. The van der Waals surface area contributed by atoms with Crippen molar-refractivity contribution in [2.24, 2.45) is 4.99 Å². The van der Waals surface area contributed by atoms with Gasteiger partial charge in [0.05, 0.1) is 6.54 Å². The predicted molar refractivity (Wildman–Crippen MR) is 107 cm³/mol. The number of rotatable bonds is 7. The summed E-state index contributed by atoms with van der Waals surface area (Å²) in [6.07, 6.45) is 4.32. The topological polar surface area (TPSA) is 36.9 Å². The number of ether oxygens (including phenoxy) is 1. The van der Waals surface area contributed by atoms with Crippen LogP contribution in [0, 0.1) is 0 Å². The Morgan fingerprint density at radius 1 is 1.32 bits per heavy atom. The summed E-state index contributed by atoms with van der Waals surface area (Å²) in [5.74, 6) is 0.990. The van der Waals surface area contributed by atoms with Crippen molar-refractivity contribution in [3.8, 4) is 0 Å². The zero-order valence-electron chi connectivity index (χ0n) is 15.9. The molecule has 0 saturated carbocycles. The van der Waals surface area contributed by atoms with Crippen LogP contribution in [0.25, 0.3) is 0 Å². The molecule has 1 aliphatic rings. The highest BCUT2D eigenvalue weighted by molar-refractivity contribution is 6.30. The number of aliphatic imine (C=N–C) groups is 1. The van der Waals surface area contributed by atoms with E-state index < -0.39 is 0 Å². The van der Waals surface area contributed by atoms with E-state index in [0.717, 1.165) is 56.7 Å². The molecule has 1 N–H and O–H groups in total. The van der Waals surface area contributed by atoms with Crippen LogP contribution in [0.3, 0.4) is 0 Å². The van der Waals surface area contributed by atoms with Gasteiger partial charge in [-0.2, -0.15) is 0 Å². The SMILES string of the molecule is CCCCN(C)C(=NCC1(c2cccc(Cl)c2)CCOCC1)NCC. The second-order valence-electron chi connectivity index (χ2n) is 6.85. The number of benzene rings is 1. The Morgan fingerprint density at radius 2 is 2.08 bits per heavy atom. The molecule has 1 heterocycles. The van der Waals surface area contributed by atoms with Crippen molar-refractivity contribution in [2.45, 2.75) is 44.9 Å². The number of unbranched alkanes of at least 4 members (excludes halogenated alkanes) is 1. The highest BCUT2D eigenvalue weighted by atomic mass is 35.5. The van der Waals surface area contributed by atoms with E-state index in [1.807, 2.05) is 12.1 Å². The van der Waals surface area contributed by atoms with Crippen LogP contribution in [0.2, 0.25) is 5.02 Å². The maximum Gasteiger partial charge on any atom is 0.193 e. The first-order valence-corrected chi connectivity index (χ1v) is 9.82. The fraction of sp³-hybridized carbons (Fsp3) is 0.650. The number of hydrogen-bond donors (Lipinski definition) is 1. The summed E-state index contributed by atoms with van der Waals surface area (Å²) in [5, 5.41) is 4.22. The second-order valence-corrected chi connectivity index (χ2v) is 7.28. The molecule has 0 atom stereocenters. The fourth-order valence-corrected chi connectivity index (χ4v) is 3.51. The lowest BCUT2D eigenvalue weighted by Crippen LogP contribution is -2.42. The number of nitrogens with one attached hydrogen (secondary N) is 1. The summed E-state index contributed by atoms with van der Waals surface area (Å²) in [4.78, 5) is 7.24. The quantitative estimate of drug-likeness (QED) is 0.584. The highest BCUT2D eigenvalue weighted by Gasteiger charge is 2.34. The van der Waals surface area contributed by atoms with Crippen LogP contribution in [0.4, 0.5) is 0 Å². The molecule has 5 heteroatoms. The van der Waals surface area contributed by atoms with Gasteiger partial charge >= 0.3 is 0 Å². The third kappa shape index (κ3) is 5.61. The molecule has 1 aromatic carbocycles. The molecule has 0 aromatic heterocycles. The molecule has 0 unspecified atom stereocenters. The van der Waals surface area contributed by atoms with Crippen LogP contribution in [-0.4, -0.2) is 50.8 Å². The highest BCUT2D eigenvalue weighted by Crippen LogP contribution is 2.36. The van der Waals surface area contributed by atoms with E-state index in [1.54, 1.807) is 0 Å². The third-order valence-electron chi connectivity index (χ3n) is 4.96. The molecule has 0 amide bonds. The van der Waals surface area contributed by atoms with Gasteiger partial charge in [-0.05, 0) is 43.9 Å². The Labute approximate surface area is 157 Å². The molecule has 2 rings (SSSR count). The van der Waals surface area contributed by atoms with Crippen molar-refractivity contribution in [3.63, 3.8) is 0 Å². The number of halogens is 1. The summed E-state index contributed by atoms with van der Waals surface area (Å²) in [6, 6.07) is 8.25. The monoisotopic (exact) mass is 365 g/mol. The number of guanidine groups is 1. The molecule has 0 bridgehead atoms.